The van der Waals surface area contributed by atoms with Crippen LogP contribution in [0.2, 0.25) is 0 Å². The largest absolute Gasteiger partial charge is 1.00 e. The van der Waals surface area contributed by atoms with E-state index in [2.05, 4.69) is 13.8 Å². The Morgan fingerprint density at radius 3 is 1.25 bits per heavy atom. The monoisotopic (exact) mass is 261 g/mol. The molecule has 0 saturated heterocycles. The summed E-state index contributed by atoms with van der Waals surface area (Å²) in [5.74, 6) is 0. The van der Waals surface area contributed by atoms with Gasteiger partial charge in [-0.2, -0.15) is 6.42 Å². The van der Waals surface area contributed by atoms with E-state index in [0.717, 1.165) is 6.42 Å². The molecule has 0 spiro atoms. The average Bonchev–Trinajstić information content (AvgIpc) is 2.10. The molecule has 0 heterocycles. The van der Waals surface area contributed by atoms with Crippen LogP contribution in [0.15, 0.2) is 0 Å². The molecule has 0 atom stereocenters. The second-order valence-electron chi connectivity index (χ2n) is 3.68. The first kappa shape index (κ1) is 32.1. The smallest absolute Gasteiger partial charge is 0.343 e. The number of unbranched alkanes of at least 4 members (excludes halogenated alkanes) is 9. The van der Waals surface area contributed by atoms with E-state index in [1.54, 1.807) is 0 Å². The van der Waals surface area contributed by atoms with E-state index in [9.17, 15) is 0 Å². The van der Waals surface area contributed by atoms with Gasteiger partial charge in [0, 0.05) is 88.7 Å². The molecule has 0 aromatic heterocycles. The molecule has 0 bridgehead atoms. The molecule has 0 amide bonds. The molecule has 0 aliphatic heterocycles. The minimum atomic E-state index is 0. The van der Waals surface area contributed by atoms with Crippen LogP contribution in [0, 0.1) is 6.92 Å². The Bertz CT molecular complexity index is 69.4. The molecule has 0 saturated carbocycles. The van der Waals surface area contributed by atoms with Crippen molar-refractivity contribution < 1.29 is 29.6 Å². The molecule has 0 aromatic rings. The average molecular weight is 261 g/mol. The summed E-state index contributed by atoms with van der Waals surface area (Å²) >= 11 is 0. The zero-order valence-electron chi connectivity index (χ0n) is 12.8. The molecule has 0 unspecified atom stereocenters. The van der Waals surface area contributed by atoms with E-state index in [4.69, 9.17) is 0 Å². The minimum absolute atomic E-state index is 0. The van der Waals surface area contributed by atoms with Crippen LogP contribution in [0.5, 0.6) is 0 Å². The first-order chi connectivity index (χ1) is 5.91. The van der Waals surface area contributed by atoms with Crippen LogP contribution in [0.4, 0.5) is 0 Å². The first-order valence-electron chi connectivity index (χ1n) is 5.71. The molecule has 0 rings (SSSR count). The fourth-order valence-electron chi connectivity index (χ4n) is 1.49. The quantitative estimate of drug-likeness (QED) is 0.324. The SMILES string of the molecule is [CH2-]CCCCCCCCCCC.[Na+].[Na].[Na].[Na]. The van der Waals surface area contributed by atoms with Crippen molar-refractivity contribution in [3.8, 4) is 0 Å². The van der Waals surface area contributed by atoms with Crippen LogP contribution in [-0.4, -0.2) is 88.7 Å². The van der Waals surface area contributed by atoms with Gasteiger partial charge in [-0.05, 0) is 0 Å². The Labute approximate surface area is 192 Å². The third-order valence-electron chi connectivity index (χ3n) is 2.35. The number of hydrogen-bond acceptors (Lipinski definition) is 0. The summed E-state index contributed by atoms with van der Waals surface area (Å²) in [5, 5.41) is 0. The van der Waals surface area contributed by atoms with Gasteiger partial charge in [0.1, 0.15) is 0 Å². The normalized spacial score (nSPS) is 7.88. The van der Waals surface area contributed by atoms with Crippen molar-refractivity contribution in [1.82, 2.24) is 0 Å². The number of rotatable bonds is 9. The molecule has 77 valence electrons. The topological polar surface area (TPSA) is 0 Å². The number of hydrogen-bond donors (Lipinski definition) is 0. The van der Waals surface area contributed by atoms with E-state index in [-0.39, 0.29) is 118 Å². The maximum absolute atomic E-state index is 3.84. The summed E-state index contributed by atoms with van der Waals surface area (Å²) in [6.07, 6.45) is 13.9. The molecule has 0 aliphatic carbocycles. The molecular formula is C12H25Na4. The van der Waals surface area contributed by atoms with Crippen molar-refractivity contribution in [2.75, 3.05) is 0 Å². The summed E-state index contributed by atoms with van der Waals surface area (Å²) in [6.45, 7) is 6.12. The maximum Gasteiger partial charge on any atom is 1.00 e. The molecule has 16 heavy (non-hydrogen) atoms. The van der Waals surface area contributed by atoms with Gasteiger partial charge < -0.3 is 6.92 Å². The second kappa shape index (κ2) is 31.4. The molecule has 3 radical (unpaired) electrons. The van der Waals surface area contributed by atoms with Gasteiger partial charge in [-0.3, -0.25) is 0 Å². The van der Waals surface area contributed by atoms with Gasteiger partial charge in [-0.1, -0.05) is 64.7 Å². The van der Waals surface area contributed by atoms with Crippen molar-refractivity contribution >= 4 is 88.7 Å². The predicted octanol–water partition coefficient (Wildman–Crippen LogP) is 0.603. The maximum atomic E-state index is 3.84. The summed E-state index contributed by atoms with van der Waals surface area (Å²) in [6, 6.07) is 0. The molecule has 0 aromatic carbocycles. The first-order valence-corrected chi connectivity index (χ1v) is 5.71. The zero-order valence-corrected chi connectivity index (χ0v) is 20.8. The molecular weight excluding hydrogens is 236 g/mol. The van der Waals surface area contributed by atoms with Gasteiger partial charge in [0.25, 0.3) is 0 Å². The predicted molar refractivity (Wildman–Crippen MR) is 74.5 cm³/mol. The Kier molecular flexibility index (Phi) is 63.0. The van der Waals surface area contributed by atoms with Gasteiger partial charge in [-0.25, -0.2) is 0 Å². The fourth-order valence-corrected chi connectivity index (χ4v) is 1.49. The minimum Gasteiger partial charge on any atom is -0.343 e. The van der Waals surface area contributed by atoms with Crippen LogP contribution < -0.4 is 29.6 Å². The van der Waals surface area contributed by atoms with Crippen LogP contribution in [0.25, 0.3) is 0 Å². The van der Waals surface area contributed by atoms with Crippen LogP contribution in [0.1, 0.15) is 71.1 Å². The van der Waals surface area contributed by atoms with E-state index in [0.29, 0.717) is 0 Å². The molecule has 4 heteroatoms. The third-order valence-corrected chi connectivity index (χ3v) is 2.35. The summed E-state index contributed by atoms with van der Waals surface area (Å²) in [5.41, 5.74) is 0. The van der Waals surface area contributed by atoms with Gasteiger partial charge in [0.15, 0.2) is 0 Å². The van der Waals surface area contributed by atoms with Gasteiger partial charge in [-0.15, -0.1) is 0 Å². The summed E-state index contributed by atoms with van der Waals surface area (Å²) in [4.78, 5) is 0. The van der Waals surface area contributed by atoms with Crippen molar-refractivity contribution in [1.29, 1.82) is 0 Å². The summed E-state index contributed by atoms with van der Waals surface area (Å²) in [7, 11) is 0. The van der Waals surface area contributed by atoms with E-state index in [1.807, 2.05) is 0 Å². The molecule has 0 nitrogen and oxygen atoms in total. The van der Waals surface area contributed by atoms with E-state index < -0.39 is 0 Å². The van der Waals surface area contributed by atoms with Crippen molar-refractivity contribution in [2.45, 2.75) is 71.1 Å². The standard InChI is InChI=1S/C12H25.4Na/c1-3-5-7-9-11-12-10-8-6-4-2;;;;/h1,3-12H2,2H3;;;;/q-1;;;;+1. The van der Waals surface area contributed by atoms with Crippen LogP contribution in [-0.2, 0) is 0 Å². The fraction of sp³-hybridized carbons (Fsp3) is 0.917. The van der Waals surface area contributed by atoms with Gasteiger partial charge in [0.2, 0.25) is 0 Å². The van der Waals surface area contributed by atoms with Gasteiger partial charge >= 0.3 is 29.6 Å². The Hall–Kier alpha value is 4.00. The Balaban J connectivity index is -0.000000101. The summed E-state index contributed by atoms with van der Waals surface area (Å²) < 4.78 is 0. The van der Waals surface area contributed by atoms with Crippen molar-refractivity contribution in [3.63, 3.8) is 0 Å². The van der Waals surface area contributed by atoms with Crippen LogP contribution >= 0.6 is 0 Å². The van der Waals surface area contributed by atoms with Gasteiger partial charge in [0.05, 0.1) is 0 Å². The van der Waals surface area contributed by atoms with E-state index in [1.165, 1.54) is 57.8 Å². The molecule has 0 fully saturated rings. The third kappa shape index (κ3) is 30.8. The Morgan fingerprint density at radius 2 is 0.938 bits per heavy atom. The molecule has 0 aliphatic rings. The van der Waals surface area contributed by atoms with Crippen molar-refractivity contribution in [2.24, 2.45) is 0 Å². The van der Waals surface area contributed by atoms with Crippen molar-refractivity contribution in [3.05, 3.63) is 6.92 Å². The second-order valence-corrected chi connectivity index (χ2v) is 3.68. The Morgan fingerprint density at radius 1 is 0.625 bits per heavy atom. The van der Waals surface area contributed by atoms with Crippen LogP contribution in [0.3, 0.4) is 0 Å². The molecule has 0 N–H and O–H groups in total. The zero-order chi connectivity index (χ0) is 9.07. The van der Waals surface area contributed by atoms with E-state index >= 15 is 0 Å².